The van der Waals surface area contributed by atoms with E-state index in [0.717, 1.165) is 11.4 Å². The van der Waals surface area contributed by atoms with Crippen LogP contribution in [0.25, 0.3) is 0 Å². The molecule has 1 N–H and O–H groups in total. The Morgan fingerprint density at radius 3 is 2.74 bits per heavy atom. The van der Waals surface area contributed by atoms with Crippen LogP contribution in [-0.2, 0) is 0 Å². The molecule has 0 aliphatic rings. The lowest BCUT2D eigenvalue weighted by atomic mass is 10.4. The number of aromatic nitrogens is 4. The van der Waals surface area contributed by atoms with Crippen molar-refractivity contribution >= 4 is 23.2 Å². The molecule has 2 heterocycles. The Balaban J connectivity index is 2.26. The van der Waals surface area contributed by atoms with Crippen LogP contribution >= 0.6 is 11.6 Å². The number of anilines is 2. The summed E-state index contributed by atoms with van der Waals surface area (Å²) in [6.45, 7) is 6.06. The van der Waals surface area contributed by atoms with Crippen molar-refractivity contribution in [2.75, 3.05) is 12.4 Å². The van der Waals surface area contributed by atoms with E-state index in [2.05, 4.69) is 34.2 Å². The average molecular weight is 282 g/mol. The lowest BCUT2D eigenvalue weighted by Crippen LogP contribution is -2.01. The average Bonchev–Trinajstić information content (AvgIpc) is 2.73. The molecule has 0 aromatic carbocycles. The SMILES string of the molecule is COc1nc(Nc2cn(C(C)C)nc2C)ncc1Cl. The van der Waals surface area contributed by atoms with Gasteiger partial charge in [0.05, 0.1) is 24.7 Å². The molecule has 19 heavy (non-hydrogen) atoms. The smallest absolute Gasteiger partial charge is 0.237 e. The molecule has 2 rings (SSSR count). The van der Waals surface area contributed by atoms with Crippen LogP contribution < -0.4 is 10.1 Å². The second kappa shape index (κ2) is 5.44. The monoisotopic (exact) mass is 281 g/mol. The first kappa shape index (κ1) is 13.6. The largest absolute Gasteiger partial charge is 0.480 e. The number of methoxy groups -OCH3 is 1. The fraction of sp³-hybridized carbons (Fsp3) is 0.417. The fourth-order valence-corrected chi connectivity index (χ4v) is 1.71. The number of rotatable bonds is 4. The molecule has 0 aliphatic heterocycles. The molecule has 7 heteroatoms. The molecule has 0 aliphatic carbocycles. The maximum absolute atomic E-state index is 5.88. The van der Waals surface area contributed by atoms with E-state index in [1.165, 1.54) is 13.3 Å². The van der Waals surface area contributed by atoms with Gasteiger partial charge in [-0.25, -0.2) is 4.98 Å². The van der Waals surface area contributed by atoms with Crippen molar-refractivity contribution in [2.45, 2.75) is 26.8 Å². The van der Waals surface area contributed by atoms with Crippen LogP contribution in [0.5, 0.6) is 5.88 Å². The molecule has 6 nitrogen and oxygen atoms in total. The van der Waals surface area contributed by atoms with Crippen molar-refractivity contribution in [1.82, 2.24) is 19.7 Å². The molecule has 0 amide bonds. The zero-order valence-corrected chi connectivity index (χ0v) is 12.1. The summed E-state index contributed by atoms with van der Waals surface area (Å²) in [6.07, 6.45) is 3.42. The first-order valence-corrected chi connectivity index (χ1v) is 6.28. The maximum atomic E-state index is 5.88. The molecule has 0 atom stereocenters. The molecule has 0 radical (unpaired) electrons. The predicted octanol–water partition coefficient (Wildman–Crippen LogP) is 2.97. The van der Waals surface area contributed by atoms with Gasteiger partial charge in [-0.05, 0) is 20.8 Å². The molecular weight excluding hydrogens is 266 g/mol. The predicted molar refractivity (Wildman–Crippen MR) is 74.2 cm³/mol. The Bertz CT molecular complexity index is 581. The van der Waals surface area contributed by atoms with Crippen molar-refractivity contribution in [2.24, 2.45) is 0 Å². The third kappa shape index (κ3) is 2.96. The van der Waals surface area contributed by atoms with E-state index >= 15 is 0 Å². The van der Waals surface area contributed by atoms with Crippen molar-refractivity contribution in [1.29, 1.82) is 0 Å². The summed E-state index contributed by atoms with van der Waals surface area (Å²) in [4.78, 5) is 8.27. The van der Waals surface area contributed by atoms with Crippen LogP contribution in [0, 0.1) is 6.92 Å². The van der Waals surface area contributed by atoms with Crippen molar-refractivity contribution in [3.63, 3.8) is 0 Å². The van der Waals surface area contributed by atoms with Gasteiger partial charge in [0.1, 0.15) is 5.02 Å². The molecule has 0 saturated heterocycles. The van der Waals surface area contributed by atoms with Gasteiger partial charge in [-0.2, -0.15) is 10.1 Å². The summed E-state index contributed by atoms with van der Waals surface area (Å²) in [5.41, 5.74) is 1.74. The quantitative estimate of drug-likeness (QED) is 0.933. The minimum Gasteiger partial charge on any atom is -0.480 e. The summed E-state index contributed by atoms with van der Waals surface area (Å²) in [5.74, 6) is 0.765. The Hall–Kier alpha value is -1.82. The van der Waals surface area contributed by atoms with Gasteiger partial charge in [0.25, 0.3) is 0 Å². The Labute approximate surface area is 116 Å². The maximum Gasteiger partial charge on any atom is 0.237 e. The summed E-state index contributed by atoms with van der Waals surface area (Å²) in [7, 11) is 1.51. The lowest BCUT2D eigenvalue weighted by molar-refractivity contribution is 0.398. The third-order valence-electron chi connectivity index (χ3n) is 2.60. The van der Waals surface area contributed by atoms with Gasteiger partial charge in [0.2, 0.25) is 11.8 Å². The number of nitrogens with zero attached hydrogens (tertiary/aromatic N) is 4. The Morgan fingerprint density at radius 2 is 2.16 bits per heavy atom. The van der Waals surface area contributed by atoms with Crippen molar-refractivity contribution in [3.8, 4) is 5.88 Å². The Morgan fingerprint density at radius 1 is 1.42 bits per heavy atom. The molecule has 0 bridgehead atoms. The van der Waals surface area contributed by atoms with E-state index in [0.29, 0.717) is 22.9 Å². The van der Waals surface area contributed by atoms with E-state index in [9.17, 15) is 0 Å². The molecule has 2 aromatic heterocycles. The molecule has 0 unspecified atom stereocenters. The molecule has 0 spiro atoms. The molecule has 102 valence electrons. The van der Waals surface area contributed by atoms with Crippen LogP contribution in [0.2, 0.25) is 5.02 Å². The van der Waals surface area contributed by atoms with Crippen molar-refractivity contribution in [3.05, 3.63) is 23.1 Å². The standard InChI is InChI=1S/C12H16ClN5O/c1-7(2)18-6-10(8(3)17-18)15-12-14-5-9(13)11(16-12)19-4/h5-7H,1-4H3,(H,14,15,16). The number of hydrogen-bond acceptors (Lipinski definition) is 5. The first-order valence-electron chi connectivity index (χ1n) is 5.90. The van der Waals surface area contributed by atoms with E-state index in [1.54, 1.807) is 0 Å². The normalized spacial score (nSPS) is 10.8. The highest BCUT2D eigenvalue weighted by atomic mass is 35.5. The highest BCUT2D eigenvalue weighted by Crippen LogP contribution is 2.24. The lowest BCUT2D eigenvalue weighted by Gasteiger charge is -2.06. The third-order valence-corrected chi connectivity index (χ3v) is 2.86. The van der Waals surface area contributed by atoms with Gasteiger partial charge in [-0.3, -0.25) is 4.68 Å². The van der Waals surface area contributed by atoms with Crippen LogP contribution in [-0.4, -0.2) is 26.9 Å². The minimum absolute atomic E-state index is 0.301. The summed E-state index contributed by atoms with van der Waals surface area (Å²) < 4.78 is 6.93. The number of hydrogen-bond donors (Lipinski definition) is 1. The summed E-state index contributed by atoms with van der Waals surface area (Å²) in [5, 5.41) is 7.89. The zero-order valence-electron chi connectivity index (χ0n) is 11.3. The minimum atomic E-state index is 0.301. The van der Waals surface area contributed by atoms with Crippen LogP contribution in [0.3, 0.4) is 0 Å². The van der Waals surface area contributed by atoms with E-state index in [4.69, 9.17) is 16.3 Å². The second-order valence-electron chi connectivity index (χ2n) is 4.38. The van der Waals surface area contributed by atoms with E-state index < -0.39 is 0 Å². The number of aryl methyl sites for hydroxylation is 1. The Kier molecular flexibility index (Phi) is 3.90. The zero-order chi connectivity index (χ0) is 14.0. The number of ether oxygens (including phenoxy) is 1. The van der Waals surface area contributed by atoms with Crippen molar-refractivity contribution < 1.29 is 4.74 Å². The van der Waals surface area contributed by atoms with Gasteiger partial charge in [-0.1, -0.05) is 11.6 Å². The van der Waals surface area contributed by atoms with Crippen LogP contribution in [0.15, 0.2) is 12.4 Å². The van der Waals surface area contributed by atoms with Gasteiger partial charge in [0.15, 0.2) is 0 Å². The van der Waals surface area contributed by atoms with E-state index in [1.807, 2.05) is 17.8 Å². The molecule has 0 fully saturated rings. The van der Waals surface area contributed by atoms with Gasteiger partial charge in [0, 0.05) is 12.2 Å². The van der Waals surface area contributed by atoms with E-state index in [-0.39, 0.29) is 0 Å². The molecule has 2 aromatic rings. The highest BCUT2D eigenvalue weighted by molar-refractivity contribution is 6.31. The van der Waals surface area contributed by atoms with Crippen LogP contribution in [0.1, 0.15) is 25.6 Å². The molecular formula is C12H16ClN5O. The molecule has 0 saturated carbocycles. The fourth-order valence-electron chi connectivity index (χ4n) is 1.54. The number of halogens is 1. The van der Waals surface area contributed by atoms with Gasteiger partial charge < -0.3 is 10.1 Å². The summed E-state index contributed by atoms with van der Waals surface area (Å²) in [6, 6.07) is 0.301. The number of nitrogens with one attached hydrogen (secondary N) is 1. The summed E-state index contributed by atoms with van der Waals surface area (Å²) >= 11 is 5.88. The first-order chi connectivity index (χ1) is 9.01. The van der Waals surface area contributed by atoms with Gasteiger partial charge in [-0.15, -0.1) is 0 Å². The second-order valence-corrected chi connectivity index (χ2v) is 4.78. The highest BCUT2D eigenvalue weighted by Gasteiger charge is 2.10. The van der Waals surface area contributed by atoms with Crippen LogP contribution in [0.4, 0.5) is 11.6 Å². The van der Waals surface area contributed by atoms with Gasteiger partial charge >= 0.3 is 0 Å². The topological polar surface area (TPSA) is 64.9 Å².